The Balaban J connectivity index is 1.41. The zero-order valence-electron chi connectivity index (χ0n) is 13.4. The number of amides is 1. The lowest BCUT2D eigenvalue weighted by molar-refractivity contribution is -0.0447. The molecule has 2 aliphatic heterocycles. The first-order chi connectivity index (χ1) is 11.7. The number of likely N-dealkylation sites (tertiary alicyclic amines) is 1. The van der Waals surface area contributed by atoms with Crippen molar-refractivity contribution in [1.29, 1.82) is 0 Å². The van der Waals surface area contributed by atoms with Gasteiger partial charge in [0, 0.05) is 30.7 Å². The summed E-state index contributed by atoms with van der Waals surface area (Å²) in [5.41, 5.74) is 0.549. The number of nitrogens with zero attached hydrogens (tertiary/aromatic N) is 3. The molecule has 4 heterocycles. The van der Waals surface area contributed by atoms with E-state index in [2.05, 4.69) is 15.3 Å². The second-order valence-corrected chi connectivity index (χ2v) is 7.25. The van der Waals surface area contributed by atoms with Crippen molar-refractivity contribution in [2.45, 2.75) is 30.9 Å². The van der Waals surface area contributed by atoms with E-state index in [-0.39, 0.29) is 17.6 Å². The smallest absolute Gasteiger partial charge is 0.254 e. The van der Waals surface area contributed by atoms with Crippen LogP contribution in [0, 0.1) is 0 Å². The Morgan fingerprint density at radius 2 is 2.42 bits per heavy atom. The Kier molecular flexibility index (Phi) is 4.20. The molecule has 2 aromatic rings. The van der Waals surface area contributed by atoms with Crippen molar-refractivity contribution >= 4 is 23.1 Å². The number of anilines is 1. The minimum Gasteiger partial charge on any atom is -0.371 e. The van der Waals surface area contributed by atoms with E-state index in [0.717, 1.165) is 37.2 Å². The molecule has 2 aliphatic rings. The number of carbonyl (C=O) groups excluding carboxylic acids is 1. The maximum atomic E-state index is 12.6. The van der Waals surface area contributed by atoms with E-state index in [4.69, 9.17) is 4.74 Å². The highest BCUT2D eigenvalue weighted by Gasteiger charge is 2.44. The standard InChI is InChI=1S/C17H20N4O2S/c22-16(13-2-7-24-11-13)21-6-1-3-17(12-21)8-14(10-23-17)20-15-9-18-4-5-19-15/h2,4-5,7,9,11,14H,1,3,6,8,10,12H2,(H,19,20). The molecule has 6 nitrogen and oxygen atoms in total. The summed E-state index contributed by atoms with van der Waals surface area (Å²) in [6.45, 7) is 2.11. The Morgan fingerprint density at radius 3 is 3.21 bits per heavy atom. The number of nitrogens with one attached hydrogen (secondary N) is 1. The van der Waals surface area contributed by atoms with Gasteiger partial charge in [-0.2, -0.15) is 11.3 Å². The van der Waals surface area contributed by atoms with Gasteiger partial charge in [-0.1, -0.05) is 0 Å². The molecule has 2 fully saturated rings. The predicted molar refractivity (Wildman–Crippen MR) is 92.2 cm³/mol. The van der Waals surface area contributed by atoms with E-state index in [9.17, 15) is 4.79 Å². The zero-order valence-corrected chi connectivity index (χ0v) is 14.2. The van der Waals surface area contributed by atoms with Gasteiger partial charge in [-0.3, -0.25) is 9.78 Å². The average molecular weight is 344 g/mol. The molecule has 0 aromatic carbocycles. The Hall–Kier alpha value is -1.99. The van der Waals surface area contributed by atoms with Crippen LogP contribution in [0.4, 0.5) is 5.82 Å². The molecular formula is C17H20N4O2S. The molecule has 126 valence electrons. The van der Waals surface area contributed by atoms with Crippen molar-refractivity contribution in [2.24, 2.45) is 0 Å². The van der Waals surface area contributed by atoms with E-state index in [1.54, 1.807) is 29.9 Å². The van der Waals surface area contributed by atoms with Gasteiger partial charge in [0.15, 0.2) is 0 Å². The van der Waals surface area contributed by atoms with Gasteiger partial charge in [0.25, 0.3) is 5.91 Å². The van der Waals surface area contributed by atoms with E-state index in [1.807, 2.05) is 21.7 Å². The molecule has 0 saturated carbocycles. The topological polar surface area (TPSA) is 67.4 Å². The summed E-state index contributed by atoms with van der Waals surface area (Å²) >= 11 is 1.56. The van der Waals surface area contributed by atoms with Crippen molar-refractivity contribution in [3.05, 3.63) is 41.0 Å². The molecule has 2 atom stereocenters. The summed E-state index contributed by atoms with van der Waals surface area (Å²) in [4.78, 5) is 22.9. The second-order valence-electron chi connectivity index (χ2n) is 6.47. The SMILES string of the molecule is O=C(c1ccsc1)N1CCCC2(CC(Nc3cnccn3)CO2)C1. The maximum Gasteiger partial charge on any atom is 0.254 e. The highest BCUT2D eigenvalue weighted by molar-refractivity contribution is 7.08. The first-order valence-electron chi connectivity index (χ1n) is 8.22. The largest absolute Gasteiger partial charge is 0.371 e. The van der Waals surface area contributed by atoms with Gasteiger partial charge in [-0.15, -0.1) is 0 Å². The fourth-order valence-corrected chi connectivity index (χ4v) is 4.27. The Bertz CT molecular complexity index is 694. The van der Waals surface area contributed by atoms with Gasteiger partial charge in [0.1, 0.15) is 5.82 Å². The van der Waals surface area contributed by atoms with Crippen LogP contribution in [0.5, 0.6) is 0 Å². The average Bonchev–Trinajstić information content (AvgIpc) is 3.26. The van der Waals surface area contributed by atoms with Crippen molar-refractivity contribution in [1.82, 2.24) is 14.9 Å². The molecule has 2 unspecified atom stereocenters. The van der Waals surface area contributed by atoms with E-state index in [1.165, 1.54) is 0 Å². The number of ether oxygens (including phenoxy) is 1. The highest BCUT2D eigenvalue weighted by Crippen LogP contribution is 2.36. The molecular weight excluding hydrogens is 324 g/mol. The van der Waals surface area contributed by atoms with Gasteiger partial charge < -0.3 is 15.0 Å². The van der Waals surface area contributed by atoms with Gasteiger partial charge in [0.2, 0.25) is 0 Å². The fourth-order valence-electron chi connectivity index (χ4n) is 3.64. The molecule has 0 radical (unpaired) electrons. The van der Waals surface area contributed by atoms with Gasteiger partial charge >= 0.3 is 0 Å². The summed E-state index contributed by atoms with van der Waals surface area (Å²) in [5.74, 6) is 0.884. The number of thiophene rings is 1. The third-order valence-electron chi connectivity index (χ3n) is 4.72. The highest BCUT2D eigenvalue weighted by atomic mass is 32.1. The molecule has 4 rings (SSSR count). The van der Waals surface area contributed by atoms with E-state index in [0.29, 0.717) is 13.2 Å². The van der Waals surface area contributed by atoms with Gasteiger partial charge in [-0.05, 0) is 24.3 Å². The summed E-state index contributed by atoms with van der Waals surface area (Å²) < 4.78 is 6.16. The molecule has 1 N–H and O–H groups in total. The Morgan fingerprint density at radius 1 is 1.46 bits per heavy atom. The van der Waals surface area contributed by atoms with Crippen LogP contribution >= 0.6 is 11.3 Å². The van der Waals surface area contributed by atoms with Crippen molar-refractivity contribution < 1.29 is 9.53 Å². The molecule has 24 heavy (non-hydrogen) atoms. The number of aromatic nitrogens is 2. The van der Waals surface area contributed by atoms with Crippen molar-refractivity contribution in [3.8, 4) is 0 Å². The quantitative estimate of drug-likeness (QED) is 0.926. The van der Waals surface area contributed by atoms with Crippen molar-refractivity contribution in [3.63, 3.8) is 0 Å². The maximum absolute atomic E-state index is 12.6. The summed E-state index contributed by atoms with van der Waals surface area (Å²) in [5, 5.41) is 7.24. The summed E-state index contributed by atoms with van der Waals surface area (Å²) in [6, 6.07) is 2.10. The predicted octanol–water partition coefficient (Wildman–Crippen LogP) is 2.41. The summed E-state index contributed by atoms with van der Waals surface area (Å²) in [7, 11) is 0. The number of piperidine rings is 1. The van der Waals surface area contributed by atoms with E-state index < -0.39 is 0 Å². The van der Waals surface area contributed by atoms with Crippen molar-refractivity contribution in [2.75, 3.05) is 25.0 Å². The minimum absolute atomic E-state index is 0.115. The lowest BCUT2D eigenvalue weighted by Crippen LogP contribution is -2.50. The van der Waals surface area contributed by atoms with Gasteiger partial charge in [-0.25, -0.2) is 4.98 Å². The molecule has 0 aliphatic carbocycles. The third-order valence-corrected chi connectivity index (χ3v) is 5.40. The van der Waals surface area contributed by atoms with Crippen LogP contribution in [0.1, 0.15) is 29.6 Å². The lowest BCUT2D eigenvalue weighted by Gasteiger charge is -2.39. The second kappa shape index (κ2) is 6.49. The molecule has 1 amide bonds. The van der Waals surface area contributed by atoms with Crippen LogP contribution in [0.3, 0.4) is 0 Å². The number of hydrogen-bond donors (Lipinski definition) is 1. The number of rotatable bonds is 3. The monoisotopic (exact) mass is 344 g/mol. The fraction of sp³-hybridized carbons (Fsp3) is 0.471. The third kappa shape index (κ3) is 3.14. The lowest BCUT2D eigenvalue weighted by atomic mass is 9.88. The first-order valence-corrected chi connectivity index (χ1v) is 9.16. The normalized spacial score (nSPS) is 26.7. The summed E-state index contributed by atoms with van der Waals surface area (Å²) in [6.07, 6.45) is 7.92. The number of hydrogen-bond acceptors (Lipinski definition) is 6. The Labute approximate surface area is 144 Å². The number of carbonyl (C=O) groups is 1. The first kappa shape index (κ1) is 15.5. The van der Waals surface area contributed by atoms with Crippen LogP contribution < -0.4 is 5.32 Å². The molecule has 2 aromatic heterocycles. The molecule has 7 heteroatoms. The van der Waals surface area contributed by atoms with Gasteiger partial charge in [0.05, 0.1) is 36.6 Å². The minimum atomic E-state index is -0.232. The molecule has 0 bridgehead atoms. The van der Waals surface area contributed by atoms with Crippen LogP contribution in [0.15, 0.2) is 35.4 Å². The zero-order chi connectivity index (χ0) is 16.4. The van der Waals surface area contributed by atoms with Crippen LogP contribution in [-0.4, -0.2) is 52.1 Å². The van der Waals surface area contributed by atoms with Crippen LogP contribution in [0.2, 0.25) is 0 Å². The van der Waals surface area contributed by atoms with E-state index >= 15 is 0 Å². The molecule has 1 spiro atoms. The molecule has 2 saturated heterocycles. The van der Waals surface area contributed by atoms with Crippen LogP contribution in [-0.2, 0) is 4.74 Å². The van der Waals surface area contributed by atoms with Crippen LogP contribution in [0.25, 0.3) is 0 Å².